The SMILES string of the molecule is C[C@H]1CCCC[C@H]1NC(=O)COC(=O)/C=C/c1ccc(C(F)(F)F)cc1. The number of benzene rings is 1. The van der Waals surface area contributed by atoms with Gasteiger partial charge in [0.15, 0.2) is 6.61 Å². The van der Waals surface area contributed by atoms with Gasteiger partial charge in [-0.3, -0.25) is 4.79 Å². The molecular formula is C19H22F3NO3. The highest BCUT2D eigenvalue weighted by Gasteiger charge is 2.29. The Morgan fingerprint density at radius 3 is 2.46 bits per heavy atom. The van der Waals surface area contributed by atoms with Crippen molar-refractivity contribution >= 4 is 18.0 Å². The predicted molar refractivity (Wildman–Crippen MR) is 91.0 cm³/mol. The molecule has 1 N–H and O–H groups in total. The largest absolute Gasteiger partial charge is 0.452 e. The van der Waals surface area contributed by atoms with E-state index in [1.807, 2.05) is 0 Å². The number of ether oxygens (including phenoxy) is 1. The van der Waals surface area contributed by atoms with E-state index in [4.69, 9.17) is 4.74 Å². The third kappa shape index (κ3) is 6.20. The summed E-state index contributed by atoms with van der Waals surface area (Å²) in [7, 11) is 0. The summed E-state index contributed by atoms with van der Waals surface area (Å²) in [5.74, 6) is -0.667. The van der Waals surface area contributed by atoms with E-state index in [0.717, 1.165) is 43.9 Å². The van der Waals surface area contributed by atoms with Crippen molar-refractivity contribution in [3.8, 4) is 0 Å². The molecule has 1 aliphatic carbocycles. The number of hydrogen-bond acceptors (Lipinski definition) is 3. The van der Waals surface area contributed by atoms with E-state index in [-0.39, 0.29) is 18.6 Å². The van der Waals surface area contributed by atoms with Crippen molar-refractivity contribution in [2.75, 3.05) is 6.61 Å². The van der Waals surface area contributed by atoms with Gasteiger partial charge in [0.25, 0.3) is 5.91 Å². The molecule has 142 valence electrons. The summed E-state index contributed by atoms with van der Waals surface area (Å²) >= 11 is 0. The highest BCUT2D eigenvalue weighted by molar-refractivity contribution is 5.89. The molecule has 1 amide bonds. The molecule has 0 radical (unpaired) electrons. The molecule has 1 aromatic rings. The average molecular weight is 369 g/mol. The van der Waals surface area contributed by atoms with Crippen molar-refractivity contribution < 1.29 is 27.5 Å². The molecule has 1 fully saturated rings. The quantitative estimate of drug-likeness (QED) is 0.631. The standard InChI is InChI=1S/C19H22F3NO3/c1-13-4-2-3-5-16(13)23-17(24)12-26-18(25)11-8-14-6-9-15(10-7-14)19(20,21)22/h6-11,13,16H,2-5,12H2,1H3,(H,23,24)/b11-8+/t13-,16+/m0/s1. The summed E-state index contributed by atoms with van der Waals surface area (Å²) in [5.41, 5.74) is -0.332. The second-order valence-electron chi connectivity index (χ2n) is 6.50. The van der Waals surface area contributed by atoms with Crippen LogP contribution in [-0.2, 0) is 20.5 Å². The van der Waals surface area contributed by atoms with Crippen LogP contribution in [0.4, 0.5) is 13.2 Å². The van der Waals surface area contributed by atoms with Gasteiger partial charge in [0.1, 0.15) is 0 Å². The zero-order valence-corrected chi connectivity index (χ0v) is 14.5. The molecule has 7 heteroatoms. The van der Waals surface area contributed by atoms with E-state index < -0.39 is 17.7 Å². The molecule has 4 nitrogen and oxygen atoms in total. The highest BCUT2D eigenvalue weighted by Crippen LogP contribution is 2.29. The first-order valence-electron chi connectivity index (χ1n) is 8.57. The van der Waals surface area contributed by atoms with Crippen molar-refractivity contribution in [2.45, 2.75) is 44.8 Å². The number of carbonyl (C=O) groups excluding carboxylic acids is 2. The van der Waals surface area contributed by atoms with Crippen LogP contribution in [0.5, 0.6) is 0 Å². The smallest absolute Gasteiger partial charge is 0.416 e. The molecule has 0 unspecified atom stereocenters. The van der Waals surface area contributed by atoms with Gasteiger partial charge in [-0.25, -0.2) is 4.79 Å². The van der Waals surface area contributed by atoms with E-state index in [9.17, 15) is 22.8 Å². The van der Waals surface area contributed by atoms with E-state index >= 15 is 0 Å². The van der Waals surface area contributed by atoms with Crippen molar-refractivity contribution in [1.29, 1.82) is 0 Å². The van der Waals surface area contributed by atoms with Crippen LogP contribution in [0.3, 0.4) is 0 Å². The van der Waals surface area contributed by atoms with Gasteiger partial charge < -0.3 is 10.1 Å². The lowest BCUT2D eigenvalue weighted by atomic mass is 9.86. The molecule has 0 aromatic heterocycles. The Labute approximate surface area is 150 Å². The third-order valence-corrected chi connectivity index (χ3v) is 4.45. The highest BCUT2D eigenvalue weighted by atomic mass is 19.4. The van der Waals surface area contributed by atoms with Crippen molar-refractivity contribution in [2.24, 2.45) is 5.92 Å². The van der Waals surface area contributed by atoms with Gasteiger partial charge in [-0.2, -0.15) is 13.2 Å². The van der Waals surface area contributed by atoms with Crippen molar-refractivity contribution in [3.05, 3.63) is 41.5 Å². The van der Waals surface area contributed by atoms with Crippen LogP contribution in [0, 0.1) is 5.92 Å². The molecule has 0 heterocycles. The Balaban J connectivity index is 1.77. The minimum atomic E-state index is -4.40. The number of carbonyl (C=O) groups is 2. The minimum Gasteiger partial charge on any atom is -0.452 e. The number of alkyl halides is 3. The zero-order chi connectivity index (χ0) is 19.2. The van der Waals surface area contributed by atoms with Gasteiger partial charge in [0, 0.05) is 12.1 Å². The van der Waals surface area contributed by atoms with Gasteiger partial charge in [-0.1, -0.05) is 31.9 Å². The molecule has 0 bridgehead atoms. The Kier molecular flexibility index (Phi) is 6.83. The zero-order valence-electron chi connectivity index (χ0n) is 14.5. The number of amides is 1. The molecule has 1 aliphatic rings. The summed E-state index contributed by atoms with van der Waals surface area (Å²) < 4.78 is 42.3. The van der Waals surface area contributed by atoms with E-state index in [2.05, 4.69) is 12.2 Å². The molecule has 0 aliphatic heterocycles. The fourth-order valence-corrected chi connectivity index (χ4v) is 2.91. The summed E-state index contributed by atoms with van der Waals surface area (Å²) in [4.78, 5) is 23.5. The Morgan fingerprint density at radius 2 is 1.85 bits per heavy atom. The number of rotatable bonds is 5. The topological polar surface area (TPSA) is 55.4 Å². The lowest BCUT2D eigenvalue weighted by molar-refractivity contribution is -0.144. The lowest BCUT2D eigenvalue weighted by Crippen LogP contribution is -2.42. The Hall–Kier alpha value is -2.31. The summed E-state index contributed by atoms with van der Waals surface area (Å²) in [6.45, 7) is 1.71. The average Bonchev–Trinajstić information content (AvgIpc) is 2.60. The van der Waals surface area contributed by atoms with Crippen molar-refractivity contribution in [1.82, 2.24) is 5.32 Å². The minimum absolute atomic E-state index is 0.109. The lowest BCUT2D eigenvalue weighted by Gasteiger charge is -2.29. The molecule has 2 atom stereocenters. The normalized spacial score (nSPS) is 20.8. The van der Waals surface area contributed by atoms with Gasteiger partial charge in [0.2, 0.25) is 0 Å². The Morgan fingerprint density at radius 1 is 1.19 bits per heavy atom. The first-order valence-corrected chi connectivity index (χ1v) is 8.57. The molecular weight excluding hydrogens is 347 g/mol. The van der Waals surface area contributed by atoms with Gasteiger partial charge in [0.05, 0.1) is 5.56 Å². The first kappa shape index (κ1) is 20.0. The van der Waals surface area contributed by atoms with Crippen LogP contribution in [0.25, 0.3) is 6.08 Å². The fourth-order valence-electron chi connectivity index (χ4n) is 2.91. The summed E-state index contributed by atoms with van der Waals surface area (Å²) in [6.07, 6.45) is 2.25. The van der Waals surface area contributed by atoms with Crippen LogP contribution >= 0.6 is 0 Å². The van der Waals surface area contributed by atoms with Crippen LogP contribution in [0.1, 0.15) is 43.7 Å². The second kappa shape index (κ2) is 8.87. The maximum absolute atomic E-state index is 12.5. The van der Waals surface area contributed by atoms with Crippen LogP contribution in [0.15, 0.2) is 30.3 Å². The molecule has 1 aromatic carbocycles. The van der Waals surface area contributed by atoms with Crippen LogP contribution in [0.2, 0.25) is 0 Å². The van der Waals surface area contributed by atoms with Gasteiger partial charge in [-0.05, 0) is 42.5 Å². The fraction of sp³-hybridized carbons (Fsp3) is 0.474. The number of halogens is 3. The third-order valence-electron chi connectivity index (χ3n) is 4.45. The van der Waals surface area contributed by atoms with Crippen molar-refractivity contribution in [3.63, 3.8) is 0 Å². The maximum atomic E-state index is 12.5. The number of hydrogen-bond donors (Lipinski definition) is 1. The van der Waals surface area contributed by atoms with Gasteiger partial charge in [-0.15, -0.1) is 0 Å². The van der Waals surface area contributed by atoms with E-state index in [1.54, 1.807) is 0 Å². The summed E-state index contributed by atoms with van der Waals surface area (Å²) in [6, 6.07) is 4.49. The van der Waals surface area contributed by atoms with E-state index in [1.165, 1.54) is 18.2 Å². The molecule has 26 heavy (non-hydrogen) atoms. The van der Waals surface area contributed by atoms with Gasteiger partial charge >= 0.3 is 12.1 Å². The van der Waals surface area contributed by atoms with Crippen LogP contribution < -0.4 is 5.32 Å². The maximum Gasteiger partial charge on any atom is 0.416 e. The number of nitrogens with one attached hydrogen (secondary N) is 1. The number of esters is 1. The van der Waals surface area contributed by atoms with Crippen LogP contribution in [-0.4, -0.2) is 24.5 Å². The first-order chi connectivity index (χ1) is 12.3. The molecule has 1 saturated carbocycles. The summed E-state index contributed by atoms with van der Waals surface area (Å²) in [5, 5.41) is 2.87. The monoisotopic (exact) mass is 369 g/mol. The second-order valence-corrected chi connectivity index (χ2v) is 6.50. The molecule has 0 saturated heterocycles. The van der Waals surface area contributed by atoms with E-state index in [0.29, 0.717) is 11.5 Å². The Bertz CT molecular complexity index is 653. The predicted octanol–water partition coefficient (Wildman–Crippen LogP) is 3.96. The molecule has 2 rings (SSSR count). The molecule has 0 spiro atoms.